The summed E-state index contributed by atoms with van der Waals surface area (Å²) in [5.41, 5.74) is 2.84. The Bertz CT molecular complexity index is 354. The van der Waals surface area contributed by atoms with E-state index in [-0.39, 0.29) is 5.54 Å². The van der Waals surface area contributed by atoms with Crippen molar-refractivity contribution in [3.8, 4) is 0 Å². The summed E-state index contributed by atoms with van der Waals surface area (Å²) in [6.45, 7) is 12.1. The van der Waals surface area contributed by atoms with Gasteiger partial charge in [-0.15, -0.1) is 0 Å². The van der Waals surface area contributed by atoms with Gasteiger partial charge in [0.1, 0.15) is 0 Å². The highest BCUT2D eigenvalue weighted by atomic mass is 15.2. The van der Waals surface area contributed by atoms with E-state index in [0.717, 1.165) is 13.0 Å². The Hall–Kier alpha value is -1.02. The van der Waals surface area contributed by atoms with Crippen molar-refractivity contribution in [3.63, 3.8) is 0 Å². The number of nitrogens with zero attached hydrogens (tertiary/aromatic N) is 1. The van der Waals surface area contributed by atoms with Crippen LogP contribution in [0.5, 0.6) is 0 Å². The van der Waals surface area contributed by atoms with E-state index in [9.17, 15) is 0 Å². The third kappa shape index (κ3) is 3.49. The fourth-order valence-corrected chi connectivity index (χ4v) is 2.00. The van der Waals surface area contributed by atoms with Gasteiger partial charge >= 0.3 is 0 Å². The first kappa shape index (κ1) is 15.0. The van der Waals surface area contributed by atoms with E-state index in [4.69, 9.17) is 0 Å². The van der Waals surface area contributed by atoms with Crippen LogP contribution in [0.3, 0.4) is 0 Å². The van der Waals surface area contributed by atoms with Gasteiger partial charge in [-0.25, -0.2) is 0 Å². The maximum atomic E-state index is 3.44. The molecule has 1 N–H and O–H groups in total. The van der Waals surface area contributed by atoms with Crippen LogP contribution < -0.4 is 10.2 Å². The lowest BCUT2D eigenvalue weighted by molar-refractivity contribution is 0.470. The molecule has 0 aromatic heterocycles. The number of hydrogen-bond acceptors (Lipinski definition) is 2. The summed E-state index contributed by atoms with van der Waals surface area (Å²) in [5, 5.41) is 3.44. The molecule has 2 nitrogen and oxygen atoms in total. The van der Waals surface area contributed by atoms with Gasteiger partial charge in [0.15, 0.2) is 0 Å². The Morgan fingerprint density at radius 1 is 1.17 bits per heavy atom. The first-order chi connectivity index (χ1) is 8.42. The van der Waals surface area contributed by atoms with Gasteiger partial charge in [0, 0.05) is 24.3 Å². The smallest absolute Gasteiger partial charge is 0.0368 e. The van der Waals surface area contributed by atoms with Gasteiger partial charge < -0.3 is 10.2 Å². The van der Waals surface area contributed by atoms with Crippen molar-refractivity contribution < 1.29 is 0 Å². The SMILES string of the molecule is CCNC(C)c1ccc(N(C)C(C)(C)CC)cc1. The molecule has 1 rings (SSSR count). The lowest BCUT2D eigenvalue weighted by Gasteiger charge is -2.37. The van der Waals surface area contributed by atoms with Gasteiger partial charge in [-0.05, 0) is 51.4 Å². The van der Waals surface area contributed by atoms with E-state index in [1.165, 1.54) is 11.3 Å². The van der Waals surface area contributed by atoms with Gasteiger partial charge in [-0.3, -0.25) is 0 Å². The summed E-state index contributed by atoms with van der Waals surface area (Å²) in [7, 11) is 2.17. The Labute approximate surface area is 112 Å². The van der Waals surface area contributed by atoms with Crippen molar-refractivity contribution in [2.75, 3.05) is 18.5 Å². The zero-order valence-electron chi connectivity index (χ0n) is 12.7. The second-order valence-corrected chi connectivity index (χ2v) is 5.60. The minimum Gasteiger partial charge on any atom is -0.369 e. The average molecular weight is 248 g/mol. The van der Waals surface area contributed by atoms with Crippen LogP contribution in [-0.4, -0.2) is 19.1 Å². The fourth-order valence-electron chi connectivity index (χ4n) is 2.00. The lowest BCUT2D eigenvalue weighted by atomic mass is 9.98. The van der Waals surface area contributed by atoms with Crippen LogP contribution in [0.25, 0.3) is 0 Å². The van der Waals surface area contributed by atoms with Crippen LogP contribution in [0.4, 0.5) is 5.69 Å². The first-order valence-electron chi connectivity index (χ1n) is 6.99. The Morgan fingerprint density at radius 2 is 1.72 bits per heavy atom. The molecule has 0 aliphatic rings. The molecular formula is C16H28N2. The molecule has 0 bridgehead atoms. The van der Waals surface area contributed by atoms with Gasteiger partial charge in [0.25, 0.3) is 0 Å². The van der Waals surface area contributed by atoms with Gasteiger partial charge in [-0.1, -0.05) is 26.0 Å². The van der Waals surface area contributed by atoms with Crippen molar-refractivity contribution in [2.45, 2.75) is 52.6 Å². The van der Waals surface area contributed by atoms with E-state index >= 15 is 0 Å². The summed E-state index contributed by atoms with van der Waals surface area (Å²) < 4.78 is 0. The predicted octanol–water partition coefficient (Wildman–Crippen LogP) is 3.98. The molecular weight excluding hydrogens is 220 g/mol. The quantitative estimate of drug-likeness (QED) is 0.819. The maximum absolute atomic E-state index is 3.44. The number of nitrogens with one attached hydrogen (secondary N) is 1. The molecule has 102 valence electrons. The van der Waals surface area contributed by atoms with E-state index in [1.807, 2.05) is 0 Å². The normalized spacial score (nSPS) is 13.4. The molecule has 0 saturated heterocycles. The molecule has 1 unspecified atom stereocenters. The van der Waals surface area contributed by atoms with E-state index in [0.29, 0.717) is 6.04 Å². The second-order valence-electron chi connectivity index (χ2n) is 5.60. The van der Waals surface area contributed by atoms with Gasteiger partial charge in [-0.2, -0.15) is 0 Å². The molecule has 0 aliphatic carbocycles. The lowest BCUT2D eigenvalue weighted by Crippen LogP contribution is -2.40. The monoisotopic (exact) mass is 248 g/mol. The van der Waals surface area contributed by atoms with Gasteiger partial charge in [0.05, 0.1) is 0 Å². The van der Waals surface area contributed by atoms with Crippen molar-refractivity contribution in [1.82, 2.24) is 5.32 Å². The highest BCUT2D eigenvalue weighted by Gasteiger charge is 2.21. The summed E-state index contributed by atoms with van der Waals surface area (Å²) in [6.07, 6.45) is 1.14. The van der Waals surface area contributed by atoms with E-state index < -0.39 is 0 Å². The zero-order chi connectivity index (χ0) is 13.8. The van der Waals surface area contributed by atoms with Crippen molar-refractivity contribution in [3.05, 3.63) is 29.8 Å². The first-order valence-corrected chi connectivity index (χ1v) is 6.99. The third-order valence-electron chi connectivity index (χ3n) is 4.06. The molecule has 1 aromatic carbocycles. The minimum absolute atomic E-state index is 0.203. The largest absolute Gasteiger partial charge is 0.369 e. The number of benzene rings is 1. The second kappa shape index (κ2) is 6.24. The highest BCUT2D eigenvalue weighted by Crippen LogP contribution is 2.26. The summed E-state index contributed by atoms with van der Waals surface area (Å²) in [6, 6.07) is 9.32. The number of anilines is 1. The maximum Gasteiger partial charge on any atom is 0.0368 e. The van der Waals surface area contributed by atoms with Crippen molar-refractivity contribution in [1.29, 1.82) is 0 Å². The third-order valence-corrected chi connectivity index (χ3v) is 4.06. The van der Waals surface area contributed by atoms with Gasteiger partial charge in [0.2, 0.25) is 0 Å². The molecule has 0 amide bonds. The Morgan fingerprint density at radius 3 is 2.17 bits per heavy atom. The molecule has 0 saturated carbocycles. The molecule has 1 atom stereocenters. The molecule has 0 fully saturated rings. The molecule has 0 aliphatic heterocycles. The summed E-state index contributed by atoms with van der Waals surface area (Å²) in [4.78, 5) is 2.36. The Kier molecular flexibility index (Phi) is 5.21. The van der Waals surface area contributed by atoms with E-state index in [1.54, 1.807) is 0 Å². The molecule has 1 aromatic rings. The highest BCUT2D eigenvalue weighted by molar-refractivity contribution is 5.49. The predicted molar refractivity (Wildman–Crippen MR) is 81.3 cm³/mol. The van der Waals surface area contributed by atoms with Crippen LogP contribution in [0.2, 0.25) is 0 Å². The van der Waals surface area contributed by atoms with E-state index in [2.05, 4.69) is 76.1 Å². The topological polar surface area (TPSA) is 15.3 Å². The molecule has 18 heavy (non-hydrogen) atoms. The molecule has 0 spiro atoms. The van der Waals surface area contributed by atoms with Crippen molar-refractivity contribution in [2.24, 2.45) is 0 Å². The van der Waals surface area contributed by atoms with Crippen LogP contribution in [-0.2, 0) is 0 Å². The molecule has 2 heteroatoms. The molecule has 0 radical (unpaired) electrons. The van der Waals surface area contributed by atoms with Crippen LogP contribution in [0.15, 0.2) is 24.3 Å². The van der Waals surface area contributed by atoms with Crippen LogP contribution >= 0.6 is 0 Å². The standard InChI is InChI=1S/C16H28N2/c1-7-16(4,5)18(6)15-11-9-14(10-12-15)13(3)17-8-2/h9-13,17H,7-8H2,1-6H3. The number of rotatable bonds is 6. The summed E-state index contributed by atoms with van der Waals surface area (Å²) in [5.74, 6) is 0. The average Bonchev–Trinajstić information content (AvgIpc) is 2.38. The minimum atomic E-state index is 0.203. The fraction of sp³-hybridized carbons (Fsp3) is 0.625. The van der Waals surface area contributed by atoms with Crippen LogP contribution in [0.1, 0.15) is 52.6 Å². The van der Waals surface area contributed by atoms with Crippen molar-refractivity contribution >= 4 is 5.69 Å². The molecule has 0 heterocycles. The zero-order valence-corrected chi connectivity index (χ0v) is 12.7. The number of hydrogen-bond donors (Lipinski definition) is 1. The Balaban J connectivity index is 2.83. The summed E-state index contributed by atoms with van der Waals surface area (Å²) >= 11 is 0. The van der Waals surface area contributed by atoms with Crippen LogP contribution in [0, 0.1) is 0 Å².